The van der Waals surface area contributed by atoms with Crippen molar-refractivity contribution in [2.45, 2.75) is 12.5 Å². The predicted molar refractivity (Wildman–Crippen MR) is 78.4 cm³/mol. The van der Waals surface area contributed by atoms with Crippen molar-refractivity contribution in [1.29, 1.82) is 0 Å². The molecular weight excluding hydrogens is 320 g/mol. The van der Waals surface area contributed by atoms with E-state index in [-0.39, 0.29) is 28.9 Å². The summed E-state index contributed by atoms with van der Waals surface area (Å²) in [5.41, 5.74) is 1.04. The molecule has 0 spiro atoms. The Bertz CT molecular complexity index is 679. The van der Waals surface area contributed by atoms with E-state index in [1.54, 1.807) is 12.1 Å². The molecule has 0 unspecified atom stereocenters. The number of hydrogen-bond acceptors (Lipinski definition) is 3. The Labute approximate surface area is 130 Å². The summed E-state index contributed by atoms with van der Waals surface area (Å²) in [6, 6.07) is 8.59. The molecule has 0 saturated carbocycles. The van der Waals surface area contributed by atoms with Gasteiger partial charge in [0.15, 0.2) is 5.75 Å². The number of nitrogens with zero attached hydrogens (tertiary/aromatic N) is 1. The highest BCUT2D eigenvalue weighted by atomic mass is 35.5. The summed E-state index contributed by atoms with van der Waals surface area (Å²) in [4.78, 5) is 10.4. The van der Waals surface area contributed by atoms with Crippen LogP contribution in [0.4, 0.5) is 10.1 Å². The van der Waals surface area contributed by atoms with Gasteiger partial charge in [0.1, 0.15) is 12.4 Å². The van der Waals surface area contributed by atoms with Gasteiger partial charge < -0.3 is 4.74 Å². The second-order valence-electron chi connectivity index (χ2n) is 4.23. The molecule has 0 radical (unpaired) electrons. The lowest BCUT2D eigenvalue weighted by Gasteiger charge is -2.08. The fourth-order valence-electron chi connectivity index (χ4n) is 1.70. The molecule has 0 aliphatic carbocycles. The molecule has 2 aromatic rings. The van der Waals surface area contributed by atoms with E-state index in [1.165, 1.54) is 24.3 Å². The lowest BCUT2D eigenvalue weighted by Crippen LogP contribution is -2.00. The van der Waals surface area contributed by atoms with Gasteiger partial charge in [-0.2, -0.15) is 0 Å². The summed E-state index contributed by atoms with van der Waals surface area (Å²) in [5, 5.41) is 11.0. The first-order valence-corrected chi connectivity index (χ1v) is 6.82. The molecule has 0 heterocycles. The molecular formula is C14H10Cl2FNO3. The Hall–Kier alpha value is -1.85. The molecule has 4 nitrogen and oxygen atoms in total. The fourth-order valence-corrected chi connectivity index (χ4v) is 1.98. The molecule has 0 aliphatic rings. The summed E-state index contributed by atoms with van der Waals surface area (Å²) in [6.07, 6.45) is 0. The van der Waals surface area contributed by atoms with Crippen molar-refractivity contribution in [3.63, 3.8) is 0 Å². The SMILES string of the molecule is O=[N+]([O-])c1ccc(CCl)cc1OCc1ccc(Cl)c(F)c1. The van der Waals surface area contributed by atoms with Crippen molar-refractivity contribution >= 4 is 28.9 Å². The minimum Gasteiger partial charge on any atom is -0.482 e. The normalized spacial score (nSPS) is 10.4. The minimum absolute atomic E-state index is 0.00821. The van der Waals surface area contributed by atoms with Crippen LogP contribution in [0.15, 0.2) is 36.4 Å². The number of nitro benzene ring substituents is 1. The molecule has 0 amide bonds. The van der Waals surface area contributed by atoms with Crippen LogP contribution in [0.25, 0.3) is 0 Å². The third kappa shape index (κ3) is 3.83. The molecule has 2 aromatic carbocycles. The van der Waals surface area contributed by atoms with Crippen molar-refractivity contribution in [2.24, 2.45) is 0 Å². The zero-order valence-corrected chi connectivity index (χ0v) is 12.2. The second kappa shape index (κ2) is 6.74. The van der Waals surface area contributed by atoms with Crippen molar-refractivity contribution in [3.8, 4) is 5.75 Å². The van der Waals surface area contributed by atoms with Gasteiger partial charge in [-0.25, -0.2) is 4.39 Å². The Balaban J connectivity index is 2.21. The highest BCUT2D eigenvalue weighted by Gasteiger charge is 2.15. The summed E-state index contributed by atoms with van der Waals surface area (Å²) in [6.45, 7) is -0.0132. The zero-order chi connectivity index (χ0) is 15.4. The second-order valence-corrected chi connectivity index (χ2v) is 4.90. The Morgan fingerprint density at radius 3 is 2.52 bits per heavy atom. The summed E-state index contributed by atoms with van der Waals surface area (Å²) < 4.78 is 18.7. The maximum atomic E-state index is 13.3. The summed E-state index contributed by atoms with van der Waals surface area (Å²) in [7, 11) is 0. The van der Waals surface area contributed by atoms with Crippen LogP contribution in [0, 0.1) is 15.9 Å². The van der Waals surface area contributed by atoms with Crippen LogP contribution in [-0.2, 0) is 12.5 Å². The van der Waals surface area contributed by atoms with Crippen LogP contribution < -0.4 is 4.74 Å². The minimum atomic E-state index is -0.568. The molecule has 0 fully saturated rings. The van der Waals surface area contributed by atoms with E-state index >= 15 is 0 Å². The first-order valence-electron chi connectivity index (χ1n) is 5.91. The Kier molecular flexibility index (Phi) is 4.98. The van der Waals surface area contributed by atoms with E-state index in [1.807, 2.05) is 0 Å². The Morgan fingerprint density at radius 2 is 1.90 bits per heavy atom. The summed E-state index contributed by atoms with van der Waals surface area (Å²) in [5.74, 6) is -0.264. The topological polar surface area (TPSA) is 52.4 Å². The van der Waals surface area contributed by atoms with Gasteiger partial charge in [0.05, 0.1) is 9.95 Å². The van der Waals surface area contributed by atoms with Gasteiger partial charge in [0.25, 0.3) is 0 Å². The summed E-state index contributed by atoms with van der Waals surface area (Å²) >= 11 is 11.3. The van der Waals surface area contributed by atoms with E-state index < -0.39 is 10.7 Å². The van der Waals surface area contributed by atoms with Crippen LogP contribution in [0.2, 0.25) is 5.02 Å². The van der Waals surface area contributed by atoms with E-state index in [2.05, 4.69) is 0 Å². The quantitative estimate of drug-likeness (QED) is 0.453. The lowest BCUT2D eigenvalue weighted by molar-refractivity contribution is -0.386. The molecule has 0 bridgehead atoms. The molecule has 7 heteroatoms. The lowest BCUT2D eigenvalue weighted by atomic mass is 10.2. The van der Waals surface area contributed by atoms with E-state index in [0.29, 0.717) is 11.1 Å². The van der Waals surface area contributed by atoms with Gasteiger partial charge in [-0.1, -0.05) is 23.7 Å². The smallest absolute Gasteiger partial charge is 0.310 e. The van der Waals surface area contributed by atoms with Gasteiger partial charge in [-0.05, 0) is 29.3 Å². The van der Waals surface area contributed by atoms with Crippen molar-refractivity contribution in [1.82, 2.24) is 0 Å². The average Bonchev–Trinajstić information content (AvgIpc) is 2.48. The largest absolute Gasteiger partial charge is 0.482 e. The van der Waals surface area contributed by atoms with Crippen LogP contribution in [0.1, 0.15) is 11.1 Å². The molecule has 2 rings (SSSR count). The maximum absolute atomic E-state index is 13.3. The van der Waals surface area contributed by atoms with Crippen molar-refractivity contribution < 1.29 is 14.1 Å². The third-order valence-corrected chi connectivity index (χ3v) is 3.37. The van der Waals surface area contributed by atoms with Crippen molar-refractivity contribution in [3.05, 3.63) is 68.5 Å². The van der Waals surface area contributed by atoms with Gasteiger partial charge >= 0.3 is 5.69 Å². The number of hydrogen-bond donors (Lipinski definition) is 0. The number of nitro groups is 1. The van der Waals surface area contributed by atoms with Gasteiger partial charge in [0.2, 0.25) is 0 Å². The highest BCUT2D eigenvalue weighted by Crippen LogP contribution is 2.29. The molecule has 0 N–H and O–H groups in total. The molecule has 21 heavy (non-hydrogen) atoms. The monoisotopic (exact) mass is 329 g/mol. The van der Waals surface area contributed by atoms with Gasteiger partial charge in [-0.3, -0.25) is 10.1 Å². The zero-order valence-electron chi connectivity index (χ0n) is 10.7. The number of benzene rings is 2. The molecule has 110 valence electrons. The van der Waals surface area contributed by atoms with Crippen LogP contribution in [0.5, 0.6) is 5.75 Å². The highest BCUT2D eigenvalue weighted by molar-refractivity contribution is 6.30. The molecule has 0 saturated heterocycles. The van der Waals surface area contributed by atoms with Gasteiger partial charge in [-0.15, -0.1) is 11.6 Å². The average molecular weight is 330 g/mol. The molecule has 0 aromatic heterocycles. The van der Waals surface area contributed by atoms with Crippen LogP contribution >= 0.6 is 23.2 Å². The van der Waals surface area contributed by atoms with E-state index in [0.717, 1.165) is 0 Å². The fraction of sp³-hybridized carbons (Fsp3) is 0.143. The van der Waals surface area contributed by atoms with Crippen molar-refractivity contribution in [2.75, 3.05) is 0 Å². The van der Waals surface area contributed by atoms with E-state index in [9.17, 15) is 14.5 Å². The maximum Gasteiger partial charge on any atom is 0.310 e. The van der Waals surface area contributed by atoms with E-state index in [4.69, 9.17) is 27.9 Å². The number of alkyl halides is 1. The third-order valence-electron chi connectivity index (χ3n) is 2.75. The Morgan fingerprint density at radius 1 is 1.19 bits per heavy atom. The van der Waals surface area contributed by atoms with Crippen LogP contribution in [0.3, 0.4) is 0 Å². The molecule has 0 atom stereocenters. The first kappa shape index (κ1) is 15.5. The number of ether oxygens (including phenoxy) is 1. The van der Waals surface area contributed by atoms with Gasteiger partial charge in [0, 0.05) is 11.9 Å². The number of rotatable bonds is 5. The number of halogens is 3. The molecule has 0 aliphatic heterocycles. The first-order chi connectivity index (χ1) is 10.0. The predicted octanol–water partition coefficient (Wildman–Crippen LogP) is 4.71. The van der Waals surface area contributed by atoms with Crippen LogP contribution in [-0.4, -0.2) is 4.92 Å². The standard InChI is InChI=1S/C14H10Cl2FNO3/c15-7-9-2-4-13(18(19)20)14(6-9)21-8-10-1-3-11(16)12(17)5-10/h1-6H,7-8H2.